The summed E-state index contributed by atoms with van der Waals surface area (Å²) < 4.78 is 79.7. The molecule has 10 heteroatoms. The number of hydrogen-bond donors (Lipinski definition) is 1. The second-order valence-corrected chi connectivity index (χ2v) is 5.66. The summed E-state index contributed by atoms with van der Waals surface area (Å²) in [6.45, 7) is 1.37. The number of alkyl halides is 5. The van der Waals surface area contributed by atoms with E-state index in [9.17, 15) is 26.3 Å². The van der Waals surface area contributed by atoms with Gasteiger partial charge in [-0.15, -0.1) is 12.4 Å². The molecule has 1 N–H and O–H groups in total. The van der Waals surface area contributed by atoms with Crippen LogP contribution in [-0.2, 0) is 6.18 Å². The number of nitrogens with one attached hydrogen (secondary N) is 1. The average Bonchev–Trinajstić information content (AvgIpc) is 2.47. The highest BCUT2D eigenvalue weighted by Crippen LogP contribution is 2.41. The molecule has 138 valence electrons. The smallest absolute Gasteiger partial charge is 0.314 e. The minimum Gasteiger partial charge on any atom is -0.314 e. The molecule has 1 aromatic rings. The van der Waals surface area contributed by atoms with Crippen LogP contribution in [0.1, 0.15) is 23.6 Å². The van der Waals surface area contributed by atoms with Gasteiger partial charge in [0.15, 0.2) is 0 Å². The Balaban J connectivity index is 0.00000288. The van der Waals surface area contributed by atoms with Gasteiger partial charge in [0, 0.05) is 44.2 Å². The van der Waals surface area contributed by atoms with Gasteiger partial charge in [-0.2, -0.15) is 13.2 Å². The summed E-state index contributed by atoms with van der Waals surface area (Å²) >= 11 is 5.59. The van der Waals surface area contributed by atoms with Crippen molar-refractivity contribution in [3.63, 3.8) is 0 Å². The van der Waals surface area contributed by atoms with E-state index in [0.29, 0.717) is 19.2 Å². The summed E-state index contributed by atoms with van der Waals surface area (Å²) in [4.78, 5) is 1.44. The topological polar surface area (TPSA) is 15.3 Å². The Morgan fingerprint density at radius 2 is 1.75 bits per heavy atom. The predicted octanol–water partition coefficient (Wildman–Crippen LogP) is 4.52. The highest BCUT2D eigenvalue weighted by Gasteiger charge is 2.40. The van der Waals surface area contributed by atoms with Crippen LogP contribution in [0.3, 0.4) is 0 Å². The lowest BCUT2D eigenvalue weighted by atomic mass is 9.95. The minimum absolute atomic E-state index is 0. The Hall–Kier alpha value is -0.700. The monoisotopic (exact) mass is 396 g/mol. The molecule has 24 heavy (non-hydrogen) atoms. The maximum Gasteiger partial charge on any atom is 0.416 e. The molecule has 0 unspecified atom stereocenters. The molecule has 1 aromatic carbocycles. The lowest BCUT2D eigenvalue weighted by Gasteiger charge is -2.36. The van der Waals surface area contributed by atoms with Crippen LogP contribution in [0, 0.1) is 5.82 Å². The summed E-state index contributed by atoms with van der Waals surface area (Å²) in [6.07, 6.45) is -8.61. The zero-order chi connectivity index (χ0) is 17.2. The number of rotatable bonds is 4. The Labute approximate surface area is 146 Å². The molecule has 1 heterocycles. The zero-order valence-electron chi connectivity index (χ0n) is 12.3. The molecule has 1 aliphatic heterocycles. The van der Waals surface area contributed by atoms with Crippen molar-refractivity contribution in [3.05, 3.63) is 34.1 Å². The Morgan fingerprint density at radius 3 is 2.25 bits per heavy atom. The first-order chi connectivity index (χ1) is 10.7. The molecule has 1 aliphatic rings. The van der Waals surface area contributed by atoms with Crippen molar-refractivity contribution in [2.45, 2.75) is 25.1 Å². The second kappa shape index (κ2) is 8.60. The number of benzene rings is 1. The summed E-state index contributed by atoms with van der Waals surface area (Å²) in [5.41, 5.74) is -2.06. The van der Waals surface area contributed by atoms with Gasteiger partial charge < -0.3 is 5.32 Å². The summed E-state index contributed by atoms with van der Waals surface area (Å²) in [7, 11) is 0. The second-order valence-electron chi connectivity index (χ2n) is 5.25. The zero-order valence-corrected chi connectivity index (χ0v) is 13.9. The van der Waals surface area contributed by atoms with Gasteiger partial charge in [0.25, 0.3) is 0 Å². The van der Waals surface area contributed by atoms with E-state index in [4.69, 9.17) is 11.6 Å². The molecule has 0 radical (unpaired) electrons. The standard InChI is InChI=1S/C14H15ClF6N2.ClH/c15-9-2-1-8(14(19,20)21)12(13(9)18)10(7-11(16)17)23-5-3-22-4-6-23;/h1-2,10-11,22H,3-7H2;1H/t10-;/m1./s1. The first-order valence-corrected chi connectivity index (χ1v) is 7.37. The fourth-order valence-electron chi connectivity index (χ4n) is 2.75. The molecule has 1 saturated heterocycles. The van der Waals surface area contributed by atoms with E-state index < -0.39 is 47.0 Å². The molecule has 0 aromatic heterocycles. The van der Waals surface area contributed by atoms with Gasteiger partial charge in [0.05, 0.1) is 10.6 Å². The van der Waals surface area contributed by atoms with Gasteiger partial charge in [0.1, 0.15) is 5.82 Å². The lowest BCUT2D eigenvalue weighted by Crippen LogP contribution is -2.46. The molecule has 1 fully saturated rings. The van der Waals surface area contributed by atoms with Gasteiger partial charge >= 0.3 is 6.18 Å². The first kappa shape index (κ1) is 21.3. The lowest BCUT2D eigenvalue weighted by molar-refractivity contribution is -0.139. The van der Waals surface area contributed by atoms with Crippen molar-refractivity contribution in [2.75, 3.05) is 26.2 Å². The van der Waals surface area contributed by atoms with Crippen LogP contribution in [0.25, 0.3) is 0 Å². The van der Waals surface area contributed by atoms with Gasteiger partial charge in [-0.1, -0.05) is 11.6 Å². The third kappa shape index (κ3) is 4.91. The summed E-state index contributed by atoms with van der Waals surface area (Å²) in [5, 5.41) is 2.46. The number of nitrogens with zero attached hydrogens (tertiary/aromatic N) is 1. The molecular weight excluding hydrogens is 381 g/mol. The van der Waals surface area contributed by atoms with Crippen LogP contribution in [-0.4, -0.2) is 37.5 Å². The normalized spacial score (nSPS) is 17.7. The third-order valence-electron chi connectivity index (χ3n) is 3.77. The largest absolute Gasteiger partial charge is 0.416 e. The van der Waals surface area contributed by atoms with E-state index in [0.717, 1.165) is 6.07 Å². The highest BCUT2D eigenvalue weighted by molar-refractivity contribution is 6.30. The molecular formula is C14H16Cl2F6N2. The third-order valence-corrected chi connectivity index (χ3v) is 4.06. The van der Waals surface area contributed by atoms with E-state index in [1.54, 1.807) is 0 Å². The molecule has 2 rings (SSSR count). The summed E-state index contributed by atoms with van der Waals surface area (Å²) in [6, 6.07) is 0.0503. The first-order valence-electron chi connectivity index (χ1n) is 6.99. The molecule has 0 aliphatic carbocycles. The molecule has 0 amide bonds. The van der Waals surface area contributed by atoms with Crippen LogP contribution in [0.2, 0.25) is 5.02 Å². The number of piperazine rings is 1. The minimum atomic E-state index is -4.85. The summed E-state index contributed by atoms with van der Waals surface area (Å²) in [5.74, 6) is -1.29. The van der Waals surface area contributed by atoms with Crippen molar-refractivity contribution in [1.82, 2.24) is 10.2 Å². The highest BCUT2D eigenvalue weighted by atomic mass is 35.5. The predicted molar refractivity (Wildman–Crippen MR) is 81.5 cm³/mol. The SMILES string of the molecule is Cl.Fc1c(Cl)ccc(C(F)(F)F)c1[C@@H](CC(F)F)N1CCNCC1. The fourth-order valence-corrected chi connectivity index (χ4v) is 2.92. The van der Waals surface area contributed by atoms with Crippen LogP contribution in [0.15, 0.2) is 12.1 Å². The Morgan fingerprint density at radius 1 is 1.17 bits per heavy atom. The van der Waals surface area contributed by atoms with Gasteiger partial charge in [-0.25, -0.2) is 13.2 Å². The van der Waals surface area contributed by atoms with E-state index in [2.05, 4.69) is 5.32 Å². The molecule has 0 saturated carbocycles. The maximum atomic E-state index is 14.3. The number of hydrogen-bond acceptors (Lipinski definition) is 2. The molecule has 2 nitrogen and oxygen atoms in total. The van der Waals surface area contributed by atoms with Crippen molar-refractivity contribution in [3.8, 4) is 0 Å². The van der Waals surface area contributed by atoms with E-state index in [1.807, 2.05) is 0 Å². The number of halogens is 8. The van der Waals surface area contributed by atoms with Crippen LogP contribution >= 0.6 is 24.0 Å². The van der Waals surface area contributed by atoms with E-state index in [1.165, 1.54) is 4.90 Å². The van der Waals surface area contributed by atoms with Crippen molar-refractivity contribution >= 4 is 24.0 Å². The quantitative estimate of drug-likeness (QED) is 0.752. The van der Waals surface area contributed by atoms with Crippen molar-refractivity contribution in [2.24, 2.45) is 0 Å². The van der Waals surface area contributed by atoms with Crippen LogP contribution < -0.4 is 5.32 Å². The van der Waals surface area contributed by atoms with Crippen LogP contribution in [0.4, 0.5) is 26.3 Å². The van der Waals surface area contributed by atoms with E-state index >= 15 is 0 Å². The Kier molecular flexibility index (Phi) is 7.65. The van der Waals surface area contributed by atoms with Gasteiger partial charge in [-0.3, -0.25) is 4.90 Å². The average molecular weight is 397 g/mol. The fraction of sp³-hybridized carbons (Fsp3) is 0.571. The van der Waals surface area contributed by atoms with Gasteiger partial charge in [0.2, 0.25) is 6.43 Å². The molecule has 1 atom stereocenters. The van der Waals surface area contributed by atoms with Gasteiger partial charge in [-0.05, 0) is 12.1 Å². The van der Waals surface area contributed by atoms with Crippen LogP contribution in [0.5, 0.6) is 0 Å². The van der Waals surface area contributed by atoms with E-state index in [-0.39, 0.29) is 25.5 Å². The molecule has 0 bridgehead atoms. The Bertz CT molecular complexity index is 547. The van der Waals surface area contributed by atoms with Crippen molar-refractivity contribution < 1.29 is 26.3 Å². The van der Waals surface area contributed by atoms with Crippen molar-refractivity contribution in [1.29, 1.82) is 0 Å². The maximum absolute atomic E-state index is 14.3. The molecule has 0 spiro atoms.